The van der Waals surface area contributed by atoms with Crippen molar-refractivity contribution in [1.29, 1.82) is 0 Å². The first-order valence-electron chi connectivity index (χ1n) is 3.82. The van der Waals surface area contributed by atoms with Crippen LogP contribution in [0.2, 0.25) is 0 Å². The predicted molar refractivity (Wildman–Crippen MR) is 47.4 cm³/mol. The van der Waals surface area contributed by atoms with Crippen molar-refractivity contribution in [1.82, 2.24) is 4.31 Å². The zero-order valence-corrected chi connectivity index (χ0v) is 8.52. The highest BCUT2D eigenvalue weighted by atomic mass is 32.2. The highest BCUT2D eigenvalue weighted by Gasteiger charge is 2.16. The molecule has 0 heterocycles. The zero-order chi connectivity index (χ0) is 9.78. The molecule has 0 N–H and O–H groups in total. The quantitative estimate of drug-likeness (QED) is 0.628. The monoisotopic (exact) mass is 193 g/mol. The van der Waals surface area contributed by atoms with Crippen molar-refractivity contribution in [3.05, 3.63) is 0 Å². The highest BCUT2D eigenvalue weighted by Crippen LogP contribution is 1.98. The standard InChI is InChI=1S/C7H15NO3S/c1-4-5-8(6-7(2)9)12(3,10)11/h4-6H2,1-3H3. The molecule has 0 fully saturated rings. The highest BCUT2D eigenvalue weighted by molar-refractivity contribution is 7.88. The Bertz CT molecular complexity index is 245. The van der Waals surface area contributed by atoms with Crippen LogP contribution in [0.15, 0.2) is 0 Å². The Labute approximate surface area is 73.6 Å². The molecule has 12 heavy (non-hydrogen) atoms. The summed E-state index contributed by atoms with van der Waals surface area (Å²) in [5.41, 5.74) is 0. The van der Waals surface area contributed by atoms with Gasteiger partial charge in [-0.2, -0.15) is 4.31 Å². The number of hydrogen-bond donors (Lipinski definition) is 0. The van der Waals surface area contributed by atoms with Gasteiger partial charge >= 0.3 is 0 Å². The van der Waals surface area contributed by atoms with Gasteiger partial charge in [0, 0.05) is 6.54 Å². The average Bonchev–Trinajstić information content (AvgIpc) is 1.83. The third-order valence-electron chi connectivity index (χ3n) is 1.34. The summed E-state index contributed by atoms with van der Waals surface area (Å²) in [4.78, 5) is 10.7. The van der Waals surface area contributed by atoms with Gasteiger partial charge in [-0.1, -0.05) is 6.92 Å². The fourth-order valence-corrected chi connectivity index (χ4v) is 1.79. The lowest BCUT2D eigenvalue weighted by atomic mass is 10.4. The number of ketones is 1. The van der Waals surface area contributed by atoms with Crippen molar-refractivity contribution in [2.75, 3.05) is 19.3 Å². The summed E-state index contributed by atoms with van der Waals surface area (Å²) >= 11 is 0. The van der Waals surface area contributed by atoms with Crippen molar-refractivity contribution in [2.24, 2.45) is 0 Å². The van der Waals surface area contributed by atoms with Gasteiger partial charge in [-0.25, -0.2) is 8.42 Å². The van der Waals surface area contributed by atoms with E-state index in [2.05, 4.69) is 0 Å². The van der Waals surface area contributed by atoms with Crippen LogP contribution < -0.4 is 0 Å². The number of carbonyl (C=O) groups is 1. The third kappa shape index (κ3) is 4.46. The fraction of sp³-hybridized carbons (Fsp3) is 0.857. The molecule has 0 unspecified atom stereocenters. The van der Waals surface area contributed by atoms with E-state index in [4.69, 9.17) is 0 Å². The Kier molecular flexibility index (Phi) is 4.41. The van der Waals surface area contributed by atoms with Gasteiger partial charge in [0.05, 0.1) is 12.8 Å². The second-order valence-corrected chi connectivity index (χ2v) is 4.78. The van der Waals surface area contributed by atoms with E-state index in [-0.39, 0.29) is 12.3 Å². The van der Waals surface area contributed by atoms with Gasteiger partial charge in [-0.15, -0.1) is 0 Å². The molecule has 0 aromatic heterocycles. The fourth-order valence-electron chi connectivity index (χ4n) is 0.860. The van der Waals surface area contributed by atoms with Crippen LogP contribution in [-0.4, -0.2) is 37.9 Å². The van der Waals surface area contributed by atoms with Gasteiger partial charge < -0.3 is 0 Å². The smallest absolute Gasteiger partial charge is 0.211 e. The number of rotatable bonds is 5. The summed E-state index contributed by atoms with van der Waals surface area (Å²) in [6, 6.07) is 0. The van der Waals surface area contributed by atoms with Crippen LogP contribution in [0.5, 0.6) is 0 Å². The van der Waals surface area contributed by atoms with Crippen LogP contribution in [0.4, 0.5) is 0 Å². The molecule has 0 aromatic carbocycles. The Balaban J connectivity index is 4.34. The summed E-state index contributed by atoms with van der Waals surface area (Å²) in [5.74, 6) is -0.131. The van der Waals surface area contributed by atoms with Crippen LogP contribution in [-0.2, 0) is 14.8 Å². The molecule has 0 radical (unpaired) electrons. The molecule has 0 aliphatic heterocycles. The van der Waals surface area contributed by atoms with E-state index < -0.39 is 10.0 Å². The number of nitrogens with zero attached hydrogens (tertiary/aromatic N) is 1. The molecule has 0 atom stereocenters. The van der Waals surface area contributed by atoms with Crippen molar-refractivity contribution >= 4 is 15.8 Å². The van der Waals surface area contributed by atoms with E-state index in [1.165, 1.54) is 11.2 Å². The molecule has 0 aliphatic carbocycles. The molecule has 0 amide bonds. The molecule has 0 spiro atoms. The molecule has 0 saturated carbocycles. The summed E-state index contributed by atoms with van der Waals surface area (Å²) < 4.78 is 23.3. The van der Waals surface area contributed by atoms with E-state index in [1.807, 2.05) is 6.92 Å². The van der Waals surface area contributed by atoms with Crippen molar-refractivity contribution < 1.29 is 13.2 Å². The maximum Gasteiger partial charge on any atom is 0.211 e. The Hall–Kier alpha value is -0.420. The van der Waals surface area contributed by atoms with Crippen LogP contribution in [0, 0.1) is 0 Å². The van der Waals surface area contributed by atoms with Gasteiger partial charge in [-0.3, -0.25) is 4.79 Å². The van der Waals surface area contributed by atoms with Crippen molar-refractivity contribution in [2.45, 2.75) is 20.3 Å². The number of sulfonamides is 1. The maximum atomic E-state index is 11.0. The molecule has 5 heteroatoms. The maximum absolute atomic E-state index is 11.0. The van der Waals surface area contributed by atoms with Crippen LogP contribution >= 0.6 is 0 Å². The third-order valence-corrected chi connectivity index (χ3v) is 2.59. The van der Waals surface area contributed by atoms with E-state index in [0.717, 1.165) is 12.7 Å². The molecule has 0 saturated heterocycles. The summed E-state index contributed by atoms with van der Waals surface area (Å²) in [7, 11) is -3.21. The Morgan fingerprint density at radius 3 is 2.17 bits per heavy atom. The van der Waals surface area contributed by atoms with E-state index in [1.54, 1.807) is 0 Å². The van der Waals surface area contributed by atoms with Crippen molar-refractivity contribution in [3.8, 4) is 0 Å². The second-order valence-electron chi connectivity index (χ2n) is 2.80. The van der Waals surface area contributed by atoms with Crippen LogP contribution in [0.3, 0.4) is 0 Å². The summed E-state index contributed by atoms with van der Waals surface area (Å²) in [6.07, 6.45) is 1.84. The van der Waals surface area contributed by atoms with Gasteiger partial charge in [0.2, 0.25) is 10.0 Å². The summed E-state index contributed by atoms with van der Waals surface area (Å²) in [5, 5.41) is 0. The Morgan fingerprint density at radius 2 is 1.92 bits per heavy atom. The van der Waals surface area contributed by atoms with Gasteiger partial charge in [0.25, 0.3) is 0 Å². The lowest BCUT2D eigenvalue weighted by Crippen LogP contribution is -2.34. The van der Waals surface area contributed by atoms with E-state index >= 15 is 0 Å². The van der Waals surface area contributed by atoms with Crippen LogP contribution in [0.25, 0.3) is 0 Å². The van der Waals surface area contributed by atoms with Gasteiger partial charge in [0.15, 0.2) is 0 Å². The normalized spacial score (nSPS) is 12.0. The van der Waals surface area contributed by atoms with Gasteiger partial charge in [-0.05, 0) is 13.3 Å². The minimum Gasteiger partial charge on any atom is -0.299 e. The predicted octanol–water partition coefficient (Wildman–Crippen LogP) is 0.247. The first-order chi connectivity index (χ1) is 5.38. The molecule has 4 nitrogen and oxygen atoms in total. The minimum absolute atomic E-state index is 0.00727. The molecular formula is C7H15NO3S. The summed E-state index contributed by atoms with van der Waals surface area (Å²) in [6.45, 7) is 3.66. The molecule has 0 aliphatic rings. The SMILES string of the molecule is CCCN(CC(C)=O)S(C)(=O)=O. The largest absolute Gasteiger partial charge is 0.299 e. The minimum atomic E-state index is -3.21. The first kappa shape index (κ1) is 11.6. The lowest BCUT2D eigenvalue weighted by Gasteiger charge is -2.16. The van der Waals surface area contributed by atoms with Gasteiger partial charge in [0.1, 0.15) is 5.78 Å². The molecular weight excluding hydrogens is 178 g/mol. The number of Topliss-reactive ketones (excluding diaryl/α,β-unsaturated/α-hetero) is 1. The second kappa shape index (κ2) is 4.57. The van der Waals surface area contributed by atoms with E-state index in [9.17, 15) is 13.2 Å². The first-order valence-corrected chi connectivity index (χ1v) is 5.67. The van der Waals surface area contributed by atoms with E-state index in [0.29, 0.717) is 6.54 Å². The topological polar surface area (TPSA) is 54.5 Å². The Morgan fingerprint density at radius 1 is 1.42 bits per heavy atom. The molecule has 0 rings (SSSR count). The van der Waals surface area contributed by atoms with Crippen LogP contribution in [0.1, 0.15) is 20.3 Å². The average molecular weight is 193 g/mol. The lowest BCUT2D eigenvalue weighted by molar-refractivity contribution is -0.117. The zero-order valence-electron chi connectivity index (χ0n) is 7.70. The number of hydrogen-bond acceptors (Lipinski definition) is 3. The number of carbonyl (C=O) groups excluding carboxylic acids is 1. The van der Waals surface area contributed by atoms with Crippen molar-refractivity contribution in [3.63, 3.8) is 0 Å². The molecule has 72 valence electrons. The molecule has 0 bridgehead atoms. The molecule has 0 aromatic rings.